The Kier molecular flexibility index (Phi) is 3.78. The third-order valence-electron chi connectivity index (χ3n) is 2.26. The van der Waals surface area contributed by atoms with Crippen LogP contribution in [0.2, 0.25) is 0 Å². The van der Waals surface area contributed by atoms with Gasteiger partial charge in [0.1, 0.15) is 0 Å². The minimum Gasteiger partial charge on any atom is -0.378 e. The van der Waals surface area contributed by atoms with Gasteiger partial charge >= 0.3 is 0 Å². The van der Waals surface area contributed by atoms with Gasteiger partial charge in [-0.3, -0.25) is 0 Å². The molecule has 0 amide bonds. The van der Waals surface area contributed by atoms with Gasteiger partial charge in [-0.25, -0.2) is 0 Å². The third-order valence-corrected chi connectivity index (χ3v) is 2.26. The molecule has 1 aliphatic rings. The van der Waals surface area contributed by atoms with Crippen LogP contribution in [0, 0.1) is 0 Å². The van der Waals surface area contributed by atoms with Gasteiger partial charge in [0.05, 0.1) is 19.3 Å². The molecule has 2 heterocycles. The number of nitrogens with zero attached hydrogens (tertiary/aromatic N) is 1. The first kappa shape index (κ1) is 10.6. The van der Waals surface area contributed by atoms with Crippen LogP contribution in [0.1, 0.15) is 11.7 Å². The highest BCUT2D eigenvalue weighted by Crippen LogP contribution is 2.14. The summed E-state index contributed by atoms with van der Waals surface area (Å²) in [5.41, 5.74) is 1.30. The van der Waals surface area contributed by atoms with E-state index in [9.17, 15) is 0 Å². The molecule has 1 saturated heterocycles. The summed E-state index contributed by atoms with van der Waals surface area (Å²) in [6, 6.07) is 4.57. The molecule has 1 aromatic heterocycles. The van der Waals surface area contributed by atoms with E-state index < -0.39 is 0 Å². The van der Waals surface area contributed by atoms with E-state index in [4.69, 9.17) is 4.74 Å². The Morgan fingerprint density at radius 2 is 2.46 bits per heavy atom. The van der Waals surface area contributed by atoms with Crippen LogP contribution >= 0.6 is 12.4 Å². The second kappa shape index (κ2) is 4.65. The van der Waals surface area contributed by atoms with Gasteiger partial charge in [-0.2, -0.15) is 0 Å². The molecule has 3 nitrogen and oxygen atoms in total. The van der Waals surface area contributed by atoms with Crippen molar-refractivity contribution in [1.82, 2.24) is 9.88 Å². The fourth-order valence-corrected chi connectivity index (χ4v) is 1.59. The number of aromatic nitrogens is 1. The number of ether oxygens (including phenoxy) is 1. The Labute approximate surface area is 84.5 Å². The molecule has 0 spiro atoms. The quantitative estimate of drug-likeness (QED) is 0.739. The smallest absolute Gasteiger partial charge is 0.0713 e. The van der Waals surface area contributed by atoms with Gasteiger partial charge in [0.2, 0.25) is 0 Å². The highest BCUT2D eigenvalue weighted by atomic mass is 35.5. The molecule has 2 rings (SSSR count). The highest BCUT2D eigenvalue weighted by molar-refractivity contribution is 5.85. The number of aryl methyl sites for hydroxylation is 1. The van der Waals surface area contributed by atoms with Crippen LogP contribution in [-0.4, -0.2) is 24.3 Å². The molecular weight excluding hydrogens is 188 g/mol. The predicted molar refractivity (Wildman–Crippen MR) is 54.2 cm³/mol. The molecule has 1 aromatic rings. The van der Waals surface area contributed by atoms with Crippen molar-refractivity contribution in [2.24, 2.45) is 7.05 Å². The van der Waals surface area contributed by atoms with E-state index in [2.05, 4.69) is 35.3 Å². The van der Waals surface area contributed by atoms with Gasteiger partial charge in [0.15, 0.2) is 0 Å². The van der Waals surface area contributed by atoms with Gasteiger partial charge in [-0.15, -0.1) is 12.4 Å². The fraction of sp³-hybridized carbons (Fsp3) is 0.556. The van der Waals surface area contributed by atoms with Gasteiger partial charge in [-0.05, 0) is 12.1 Å². The Balaban J connectivity index is 0.000000845. The SMILES string of the molecule is Cl.Cn1cccc1[C@@H]1COCCN1. The average molecular weight is 203 g/mol. The number of hydrogen-bond donors (Lipinski definition) is 1. The molecule has 1 atom stereocenters. The van der Waals surface area contributed by atoms with Crippen molar-refractivity contribution in [2.75, 3.05) is 19.8 Å². The van der Waals surface area contributed by atoms with Crippen molar-refractivity contribution >= 4 is 12.4 Å². The maximum Gasteiger partial charge on any atom is 0.0713 e. The molecule has 4 heteroatoms. The number of morpholine rings is 1. The third kappa shape index (κ3) is 2.24. The number of halogens is 1. The second-order valence-electron chi connectivity index (χ2n) is 3.13. The summed E-state index contributed by atoms with van der Waals surface area (Å²) >= 11 is 0. The number of rotatable bonds is 1. The maximum absolute atomic E-state index is 5.39. The van der Waals surface area contributed by atoms with E-state index in [-0.39, 0.29) is 12.4 Å². The fourth-order valence-electron chi connectivity index (χ4n) is 1.59. The first-order valence-corrected chi connectivity index (χ1v) is 4.30. The van der Waals surface area contributed by atoms with Crippen molar-refractivity contribution in [3.05, 3.63) is 24.0 Å². The number of hydrogen-bond acceptors (Lipinski definition) is 2. The lowest BCUT2D eigenvalue weighted by atomic mass is 10.2. The van der Waals surface area contributed by atoms with Crippen molar-refractivity contribution in [2.45, 2.75) is 6.04 Å². The van der Waals surface area contributed by atoms with Crippen molar-refractivity contribution in [3.63, 3.8) is 0 Å². The van der Waals surface area contributed by atoms with Crippen molar-refractivity contribution in [1.29, 1.82) is 0 Å². The van der Waals surface area contributed by atoms with Crippen LogP contribution in [0.25, 0.3) is 0 Å². The van der Waals surface area contributed by atoms with E-state index in [0.29, 0.717) is 6.04 Å². The lowest BCUT2D eigenvalue weighted by Crippen LogP contribution is -2.35. The van der Waals surface area contributed by atoms with E-state index >= 15 is 0 Å². The minimum absolute atomic E-state index is 0. The molecule has 1 aliphatic heterocycles. The van der Waals surface area contributed by atoms with Crippen LogP contribution in [0.4, 0.5) is 0 Å². The van der Waals surface area contributed by atoms with Gasteiger partial charge in [0, 0.05) is 25.5 Å². The minimum atomic E-state index is 0. The molecule has 0 bridgehead atoms. The first-order valence-electron chi connectivity index (χ1n) is 4.30. The summed E-state index contributed by atoms with van der Waals surface area (Å²) in [7, 11) is 2.06. The van der Waals surface area contributed by atoms with Gasteiger partial charge in [-0.1, -0.05) is 0 Å². The van der Waals surface area contributed by atoms with Crippen molar-refractivity contribution in [3.8, 4) is 0 Å². The molecule has 0 saturated carbocycles. The molecule has 13 heavy (non-hydrogen) atoms. The maximum atomic E-state index is 5.39. The molecule has 1 fully saturated rings. The summed E-state index contributed by atoms with van der Waals surface area (Å²) in [6.07, 6.45) is 2.06. The Hall–Kier alpha value is -0.510. The summed E-state index contributed by atoms with van der Waals surface area (Å²) in [5.74, 6) is 0. The van der Waals surface area contributed by atoms with E-state index in [1.54, 1.807) is 0 Å². The van der Waals surface area contributed by atoms with Crippen LogP contribution < -0.4 is 5.32 Å². The highest BCUT2D eigenvalue weighted by Gasteiger charge is 2.16. The summed E-state index contributed by atoms with van der Waals surface area (Å²) in [6.45, 7) is 2.58. The summed E-state index contributed by atoms with van der Waals surface area (Å²) in [4.78, 5) is 0. The number of nitrogens with one attached hydrogen (secondary N) is 1. The van der Waals surface area contributed by atoms with Gasteiger partial charge in [0.25, 0.3) is 0 Å². The monoisotopic (exact) mass is 202 g/mol. The summed E-state index contributed by atoms with van der Waals surface area (Å²) in [5, 5.41) is 3.42. The van der Waals surface area contributed by atoms with Gasteiger partial charge < -0.3 is 14.6 Å². The van der Waals surface area contributed by atoms with Crippen LogP contribution in [-0.2, 0) is 11.8 Å². The molecule has 1 N–H and O–H groups in total. The Bertz CT molecular complexity index is 256. The molecule has 74 valence electrons. The van der Waals surface area contributed by atoms with Crippen molar-refractivity contribution < 1.29 is 4.74 Å². The standard InChI is InChI=1S/C9H14N2O.ClH/c1-11-5-2-3-9(11)8-7-12-6-4-10-8;/h2-3,5,8,10H,4,6-7H2,1H3;1H/t8-;/m0./s1. The van der Waals surface area contributed by atoms with E-state index in [0.717, 1.165) is 19.8 Å². The molecule has 0 aliphatic carbocycles. The summed E-state index contributed by atoms with van der Waals surface area (Å²) < 4.78 is 7.52. The van der Waals surface area contributed by atoms with Crippen LogP contribution in [0.15, 0.2) is 18.3 Å². The van der Waals surface area contributed by atoms with Crippen LogP contribution in [0.3, 0.4) is 0 Å². The second-order valence-corrected chi connectivity index (χ2v) is 3.13. The molecule has 0 unspecified atom stereocenters. The lowest BCUT2D eigenvalue weighted by molar-refractivity contribution is 0.0747. The first-order chi connectivity index (χ1) is 5.88. The average Bonchev–Trinajstić information content (AvgIpc) is 2.53. The topological polar surface area (TPSA) is 26.2 Å². The van der Waals surface area contributed by atoms with E-state index in [1.807, 2.05) is 0 Å². The van der Waals surface area contributed by atoms with E-state index in [1.165, 1.54) is 5.69 Å². The lowest BCUT2D eigenvalue weighted by Gasteiger charge is -2.24. The zero-order chi connectivity index (χ0) is 8.39. The Morgan fingerprint density at radius 3 is 3.00 bits per heavy atom. The molecule has 0 aromatic carbocycles. The molecule has 0 radical (unpaired) electrons. The predicted octanol–water partition coefficient (Wildman–Crippen LogP) is 1.11. The Morgan fingerprint density at radius 1 is 1.62 bits per heavy atom. The normalized spacial score (nSPS) is 22.4. The van der Waals surface area contributed by atoms with Crippen LogP contribution in [0.5, 0.6) is 0 Å². The zero-order valence-electron chi connectivity index (χ0n) is 7.69. The zero-order valence-corrected chi connectivity index (χ0v) is 8.51. The molecular formula is C9H15ClN2O. The largest absolute Gasteiger partial charge is 0.378 e.